The van der Waals surface area contributed by atoms with Crippen molar-refractivity contribution in [3.05, 3.63) is 71.5 Å². The highest BCUT2D eigenvalue weighted by atomic mass is 19.1. The Morgan fingerprint density at radius 2 is 1.67 bits per heavy atom. The number of amides is 3. The molecule has 1 aliphatic heterocycles. The maximum absolute atomic E-state index is 13.4. The number of likely N-dealkylation sites (tertiary alicyclic amines) is 1. The number of carbonyl (C=O) groups is 2. The van der Waals surface area contributed by atoms with Crippen LogP contribution in [0.3, 0.4) is 0 Å². The van der Waals surface area contributed by atoms with E-state index in [1.165, 1.54) is 30.7 Å². The van der Waals surface area contributed by atoms with Crippen LogP contribution in [0.4, 0.5) is 9.18 Å². The molecule has 3 amide bonds. The highest BCUT2D eigenvalue weighted by molar-refractivity contribution is 5.94. The smallest absolute Gasteiger partial charge is 0.318 e. The van der Waals surface area contributed by atoms with Crippen LogP contribution in [0, 0.1) is 5.82 Å². The lowest BCUT2D eigenvalue weighted by Crippen LogP contribution is -2.64. The Morgan fingerprint density at radius 3 is 2.33 bits per heavy atom. The van der Waals surface area contributed by atoms with Gasteiger partial charge in [-0.25, -0.2) is 9.18 Å². The molecule has 1 heterocycles. The summed E-state index contributed by atoms with van der Waals surface area (Å²) in [5.41, 5.74) is -0.110. The van der Waals surface area contributed by atoms with Gasteiger partial charge in [0, 0.05) is 18.2 Å². The predicted molar refractivity (Wildman–Crippen MR) is 124 cm³/mol. The zero-order chi connectivity index (χ0) is 23.4. The van der Waals surface area contributed by atoms with Crippen LogP contribution in [-0.2, 0) is 0 Å². The van der Waals surface area contributed by atoms with Crippen molar-refractivity contribution in [2.24, 2.45) is 0 Å². The third-order valence-electron chi connectivity index (χ3n) is 6.91. The highest BCUT2D eigenvalue weighted by Gasteiger charge is 2.48. The second kappa shape index (κ2) is 9.91. The van der Waals surface area contributed by atoms with E-state index in [2.05, 4.69) is 10.6 Å². The molecule has 176 valence electrons. The number of urea groups is 1. The third kappa shape index (κ3) is 5.36. The van der Waals surface area contributed by atoms with Crippen molar-refractivity contribution in [2.75, 3.05) is 6.54 Å². The first-order valence-corrected chi connectivity index (χ1v) is 11.8. The molecule has 0 bridgehead atoms. The van der Waals surface area contributed by atoms with Gasteiger partial charge in [0.15, 0.2) is 0 Å². The Kier molecular flexibility index (Phi) is 6.98. The van der Waals surface area contributed by atoms with Crippen LogP contribution in [0.2, 0.25) is 0 Å². The summed E-state index contributed by atoms with van der Waals surface area (Å²) in [4.78, 5) is 28.1. The minimum absolute atomic E-state index is 0.150. The molecule has 2 aromatic rings. The first-order chi connectivity index (χ1) is 15.8. The molecule has 4 rings (SSSR count). The number of benzene rings is 2. The van der Waals surface area contributed by atoms with E-state index in [1.807, 2.05) is 30.3 Å². The van der Waals surface area contributed by atoms with E-state index in [0.29, 0.717) is 18.5 Å². The maximum Gasteiger partial charge on any atom is 0.318 e. The van der Waals surface area contributed by atoms with E-state index >= 15 is 0 Å². The fourth-order valence-electron chi connectivity index (χ4n) is 4.98. The molecule has 0 aromatic heterocycles. The first-order valence-electron chi connectivity index (χ1n) is 11.8. The Hall–Kier alpha value is -2.93. The lowest BCUT2D eigenvalue weighted by Gasteiger charge is -2.49. The molecule has 2 aliphatic rings. The van der Waals surface area contributed by atoms with Gasteiger partial charge in [0.25, 0.3) is 5.91 Å². The first kappa shape index (κ1) is 23.2. The van der Waals surface area contributed by atoms with Crippen molar-refractivity contribution in [1.29, 1.82) is 0 Å². The lowest BCUT2D eigenvalue weighted by molar-refractivity contribution is -0.0514. The molecule has 3 N–H and O–H groups in total. The minimum Gasteiger partial charge on any atom is -0.388 e. The van der Waals surface area contributed by atoms with Gasteiger partial charge in [-0.1, -0.05) is 49.6 Å². The van der Waals surface area contributed by atoms with Gasteiger partial charge in [0.1, 0.15) is 5.82 Å². The number of nitrogens with one attached hydrogen (secondary N) is 2. The van der Waals surface area contributed by atoms with Crippen LogP contribution in [0.5, 0.6) is 0 Å². The second-order valence-electron chi connectivity index (χ2n) is 9.40. The van der Waals surface area contributed by atoms with Crippen molar-refractivity contribution < 1.29 is 19.1 Å². The third-order valence-corrected chi connectivity index (χ3v) is 6.91. The summed E-state index contributed by atoms with van der Waals surface area (Å²) in [5, 5.41) is 17.4. The van der Waals surface area contributed by atoms with Crippen LogP contribution >= 0.6 is 0 Å². The van der Waals surface area contributed by atoms with Crippen LogP contribution in [0.15, 0.2) is 54.6 Å². The van der Waals surface area contributed by atoms with Crippen molar-refractivity contribution in [3.8, 4) is 0 Å². The van der Waals surface area contributed by atoms with Gasteiger partial charge in [0.2, 0.25) is 0 Å². The Bertz CT molecular complexity index is 959. The summed E-state index contributed by atoms with van der Waals surface area (Å²) < 4.78 is 13.3. The average Bonchev–Trinajstić information content (AvgIpc) is 2.81. The molecular weight excluding hydrogens is 421 g/mol. The number of hydrogen-bond acceptors (Lipinski definition) is 3. The summed E-state index contributed by atoms with van der Waals surface area (Å²) in [6.07, 6.45) is 5.68. The summed E-state index contributed by atoms with van der Waals surface area (Å²) in [6, 6.07) is 13.4. The average molecular weight is 454 g/mol. The van der Waals surface area contributed by atoms with Crippen molar-refractivity contribution in [1.82, 2.24) is 15.5 Å². The van der Waals surface area contributed by atoms with Crippen molar-refractivity contribution >= 4 is 11.9 Å². The molecule has 2 aromatic carbocycles. The standard InChI is InChI=1S/C26H32FN3O3/c1-26(33)16-17-30(25(32)28-21-10-6-3-7-11-21)22(18-8-4-2-5-9-18)23(26)29-24(31)19-12-14-20(27)15-13-19/h2,4-5,8-9,12-15,21-23,33H,3,6-7,10-11,16-17H2,1H3,(H,28,32)(H,29,31)/t22-,23-,26+/m0/s1. The summed E-state index contributed by atoms with van der Waals surface area (Å²) in [5.74, 6) is -0.848. The molecule has 0 unspecified atom stereocenters. The maximum atomic E-state index is 13.4. The van der Waals surface area contributed by atoms with E-state index in [9.17, 15) is 19.1 Å². The SMILES string of the molecule is C[C@@]1(O)CCN(C(=O)NC2CCCCC2)[C@@H](c2ccccc2)[C@@H]1NC(=O)c1ccc(F)cc1. The number of piperidine rings is 1. The molecule has 33 heavy (non-hydrogen) atoms. The molecule has 0 radical (unpaired) electrons. The Morgan fingerprint density at radius 1 is 1.00 bits per heavy atom. The topological polar surface area (TPSA) is 81.7 Å². The molecular formula is C26H32FN3O3. The monoisotopic (exact) mass is 453 g/mol. The van der Waals surface area contributed by atoms with E-state index in [-0.39, 0.29) is 12.1 Å². The normalized spacial score (nSPS) is 26.0. The van der Waals surface area contributed by atoms with Gasteiger partial charge in [-0.3, -0.25) is 4.79 Å². The van der Waals surface area contributed by atoms with Gasteiger partial charge in [-0.15, -0.1) is 0 Å². The van der Waals surface area contributed by atoms with Gasteiger partial charge in [0.05, 0.1) is 17.7 Å². The number of nitrogens with zero attached hydrogens (tertiary/aromatic N) is 1. The van der Waals surface area contributed by atoms with Crippen molar-refractivity contribution in [2.45, 2.75) is 69.2 Å². The molecule has 6 nitrogen and oxygen atoms in total. The molecule has 7 heteroatoms. The fourth-order valence-corrected chi connectivity index (χ4v) is 4.98. The van der Waals surface area contributed by atoms with Gasteiger partial charge < -0.3 is 20.6 Å². The molecule has 1 saturated carbocycles. The summed E-state index contributed by atoms with van der Waals surface area (Å²) >= 11 is 0. The number of aliphatic hydroxyl groups is 1. The molecule has 1 saturated heterocycles. The van der Waals surface area contributed by atoms with E-state index in [4.69, 9.17) is 0 Å². The number of rotatable bonds is 4. The van der Waals surface area contributed by atoms with Gasteiger partial charge in [-0.05, 0) is 56.0 Å². The quantitative estimate of drug-likeness (QED) is 0.650. The van der Waals surface area contributed by atoms with Gasteiger partial charge >= 0.3 is 6.03 Å². The van der Waals surface area contributed by atoms with Crippen LogP contribution in [0.1, 0.15) is 67.4 Å². The molecule has 2 fully saturated rings. The van der Waals surface area contributed by atoms with E-state index in [0.717, 1.165) is 31.2 Å². The predicted octanol–water partition coefficient (Wildman–Crippen LogP) is 4.16. The zero-order valence-electron chi connectivity index (χ0n) is 19.0. The van der Waals surface area contributed by atoms with E-state index < -0.39 is 29.4 Å². The Balaban J connectivity index is 1.63. The van der Waals surface area contributed by atoms with Gasteiger partial charge in [-0.2, -0.15) is 0 Å². The minimum atomic E-state index is -1.24. The fraction of sp³-hybridized carbons (Fsp3) is 0.462. The van der Waals surface area contributed by atoms with E-state index in [1.54, 1.807) is 11.8 Å². The molecule has 1 aliphatic carbocycles. The summed E-state index contributed by atoms with van der Waals surface area (Å²) in [6.45, 7) is 2.06. The number of halogens is 1. The van der Waals surface area contributed by atoms with Crippen LogP contribution < -0.4 is 10.6 Å². The summed E-state index contributed by atoms with van der Waals surface area (Å²) in [7, 11) is 0. The number of hydrogen-bond donors (Lipinski definition) is 3. The molecule has 0 spiro atoms. The van der Waals surface area contributed by atoms with Crippen molar-refractivity contribution in [3.63, 3.8) is 0 Å². The largest absolute Gasteiger partial charge is 0.388 e. The zero-order valence-corrected chi connectivity index (χ0v) is 19.0. The Labute approximate surface area is 194 Å². The molecule has 3 atom stereocenters. The number of carbonyl (C=O) groups excluding carboxylic acids is 2. The second-order valence-corrected chi connectivity index (χ2v) is 9.40. The lowest BCUT2D eigenvalue weighted by atomic mass is 9.79. The van der Waals surface area contributed by atoms with Crippen LogP contribution in [0.25, 0.3) is 0 Å². The highest BCUT2D eigenvalue weighted by Crippen LogP contribution is 2.37. The van der Waals surface area contributed by atoms with Crippen LogP contribution in [-0.4, -0.2) is 46.2 Å².